The number of phenols is 2. The Hall–Kier alpha value is -1.75. The molecule has 0 aliphatic heterocycles. The molecule has 76 valence electrons. The van der Waals surface area contributed by atoms with Crippen molar-refractivity contribution in [3.8, 4) is 11.5 Å². The molecule has 1 atom stereocenters. The summed E-state index contributed by atoms with van der Waals surface area (Å²) < 4.78 is 28.8. The molecular weight excluding hydrogens is 186 g/mol. The second-order valence-corrected chi connectivity index (χ2v) is 2.62. The molecule has 5 heteroatoms. The van der Waals surface area contributed by atoms with Gasteiger partial charge in [0.05, 0.1) is 0 Å². The fraction of sp³-hybridized carbons (Fsp3) is 0.222. The summed E-state index contributed by atoms with van der Waals surface area (Å²) in [5.41, 5.74) is 5.17. The van der Waals surface area contributed by atoms with Crippen molar-refractivity contribution in [2.24, 2.45) is 5.73 Å². The molecule has 0 radical (unpaired) electrons. The molecule has 0 aromatic heterocycles. The third kappa shape index (κ3) is 2.37. The summed E-state index contributed by atoms with van der Waals surface area (Å²) in [7, 11) is 0. The number of aromatic hydroxyl groups is 2. The molecule has 14 heavy (non-hydrogen) atoms. The van der Waals surface area contributed by atoms with Gasteiger partial charge in [-0.25, -0.2) is 0 Å². The fourth-order valence-electron chi connectivity index (χ4n) is 0.839. The average Bonchev–Trinajstić information content (AvgIpc) is 2.36. The first-order valence-corrected chi connectivity index (χ1v) is 3.73. The standard InChI is InChI=1S/C9H11NO4/c10-6(9(13)14)3-5-1-2-7(11)8(12)4-5/h1-2,4,6,11-12H,3,10H2,(H,13,14)/i3D2/hD2. The van der Waals surface area contributed by atoms with Gasteiger partial charge in [0.15, 0.2) is 11.5 Å². The van der Waals surface area contributed by atoms with E-state index in [1.807, 2.05) is 0 Å². The maximum absolute atomic E-state index is 10.7. The van der Waals surface area contributed by atoms with Crippen molar-refractivity contribution in [1.82, 2.24) is 0 Å². The zero-order valence-corrected chi connectivity index (χ0v) is 7.06. The molecule has 0 bridgehead atoms. The molecule has 0 saturated heterocycles. The lowest BCUT2D eigenvalue weighted by atomic mass is 10.1. The van der Waals surface area contributed by atoms with Crippen molar-refractivity contribution in [2.75, 3.05) is 0 Å². The second-order valence-electron chi connectivity index (χ2n) is 2.62. The van der Waals surface area contributed by atoms with E-state index in [-0.39, 0.29) is 17.1 Å². The monoisotopic (exact) mass is 201 g/mol. The molecular formula is C9H11NO4. The number of nitrogens with two attached hydrogens (primary N) is 1. The minimum absolute atomic E-state index is 0.0829. The molecule has 0 amide bonds. The van der Waals surface area contributed by atoms with Crippen LogP contribution in [-0.2, 0) is 11.2 Å². The minimum atomic E-state index is -2.35. The van der Waals surface area contributed by atoms with E-state index in [4.69, 9.17) is 16.4 Å². The van der Waals surface area contributed by atoms with Gasteiger partial charge in [-0.2, -0.15) is 0 Å². The summed E-state index contributed by atoms with van der Waals surface area (Å²) in [6, 6.07) is 1.71. The van der Waals surface area contributed by atoms with Gasteiger partial charge < -0.3 is 21.1 Å². The number of phenolic OH excluding ortho intramolecular Hbond substituents is 2. The smallest absolute Gasteiger partial charge is 0.320 e. The molecule has 0 spiro atoms. The normalized spacial score (nSPS) is 16.9. The maximum atomic E-state index is 10.7. The molecule has 0 saturated carbocycles. The van der Waals surface area contributed by atoms with E-state index in [1.165, 1.54) is 12.1 Å². The van der Waals surface area contributed by atoms with Crippen LogP contribution in [0.1, 0.15) is 8.30 Å². The molecule has 5 N–H and O–H groups in total. The lowest BCUT2D eigenvalue weighted by Crippen LogP contribution is -2.32. The van der Waals surface area contributed by atoms with Gasteiger partial charge in [-0.1, -0.05) is 6.07 Å². The first-order valence-electron chi connectivity index (χ1n) is 5.55. The summed E-state index contributed by atoms with van der Waals surface area (Å²) in [6.45, 7) is 0. The van der Waals surface area contributed by atoms with Crippen molar-refractivity contribution < 1.29 is 22.9 Å². The summed E-state index contributed by atoms with van der Waals surface area (Å²) in [5, 5.41) is 17.0. The molecule has 1 unspecified atom stereocenters. The van der Waals surface area contributed by atoms with Crippen LogP contribution in [0.15, 0.2) is 18.2 Å². The van der Waals surface area contributed by atoms with E-state index in [0.717, 1.165) is 6.07 Å². The molecule has 0 fully saturated rings. The van der Waals surface area contributed by atoms with E-state index in [9.17, 15) is 4.79 Å². The Morgan fingerprint density at radius 1 is 1.57 bits per heavy atom. The minimum Gasteiger partial charge on any atom is -0.504 e. The molecule has 0 aliphatic rings. The third-order valence-corrected chi connectivity index (χ3v) is 1.53. The van der Waals surface area contributed by atoms with Crippen molar-refractivity contribution in [3.05, 3.63) is 23.8 Å². The lowest BCUT2D eigenvalue weighted by Gasteiger charge is -2.06. The summed E-state index contributed by atoms with van der Waals surface area (Å²) >= 11 is 0. The van der Waals surface area contributed by atoms with Gasteiger partial charge in [0, 0.05) is 2.74 Å². The fourth-order valence-corrected chi connectivity index (χ4v) is 0.839. The number of rotatable bonds is 5. The summed E-state index contributed by atoms with van der Waals surface area (Å²) in [5.74, 6) is -1.79. The van der Waals surface area contributed by atoms with E-state index < -0.39 is 18.4 Å². The number of hydrogen-bond acceptors (Lipinski definition) is 4. The zero-order valence-electron chi connectivity index (χ0n) is 11.1. The Labute approximate surface area is 86.2 Å². The highest BCUT2D eigenvalue weighted by molar-refractivity contribution is 5.73. The number of aliphatic carboxylic acids is 1. The maximum Gasteiger partial charge on any atom is 0.320 e. The van der Waals surface area contributed by atoms with E-state index in [2.05, 4.69) is 10.2 Å². The quantitative estimate of drug-likeness (QED) is 0.504. The Balaban J connectivity index is 3.21. The second kappa shape index (κ2) is 3.97. The van der Waals surface area contributed by atoms with Crippen molar-refractivity contribution in [3.63, 3.8) is 0 Å². The van der Waals surface area contributed by atoms with Gasteiger partial charge in [0.2, 0.25) is 0 Å². The van der Waals surface area contributed by atoms with Gasteiger partial charge in [0.1, 0.15) is 6.04 Å². The van der Waals surface area contributed by atoms with Gasteiger partial charge in [-0.05, 0) is 24.1 Å². The zero-order chi connectivity index (χ0) is 13.9. The van der Waals surface area contributed by atoms with Gasteiger partial charge in [-0.3, -0.25) is 4.79 Å². The SMILES string of the molecule is [2H]Oc1ccc(C([2H])([2H])C(N)C(=O)O)cc1O[2H]. The Kier molecular flexibility index (Phi) is 1.67. The van der Waals surface area contributed by atoms with E-state index in [1.54, 1.807) is 0 Å². The molecule has 1 aromatic carbocycles. The molecule has 0 heterocycles. The summed E-state index contributed by atoms with van der Waals surface area (Å²) in [4.78, 5) is 10.7. The Bertz CT molecular complexity index is 454. The van der Waals surface area contributed by atoms with Gasteiger partial charge in [0.25, 0.3) is 2.86 Å². The molecule has 1 aromatic rings. The van der Waals surface area contributed by atoms with Crippen molar-refractivity contribution in [1.29, 1.82) is 2.86 Å². The predicted molar refractivity (Wildman–Crippen MR) is 49.1 cm³/mol. The van der Waals surface area contributed by atoms with E-state index >= 15 is 0 Å². The van der Waals surface area contributed by atoms with Gasteiger partial charge >= 0.3 is 5.97 Å². The predicted octanol–water partition coefficient (Wildman–Crippen LogP) is 0.0522. The topological polar surface area (TPSA) is 104 Å². The van der Waals surface area contributed by atoms with Crippen LogP contribution >= 0.6 is 0 Å². The summed E-state index contributed by atoms with van der Waals surface area (Å²) in [6.07, 6.45) is -2.35. The largest absolute Gasteiger partial charge is 0.504 e. The number of carboxylic acid groups (broad SMARTS) is 1. The van der Waals surface area contributed by atoms with Crippen LogP contribution in [-0.4, -0.2) is 30.2 Å². The Morgan fingerprint density at radius 2 is 2.29 bits per heavy atom. The van der Waals surface area contributed by atoms with Crippen LogP contribution in [0.3, 0.4) is 0 Å². The van der Waals surface area contributed by atoms with Crippen LogP contribution in [0.5, 0.6) is 11.5 Å². The molecule has 5 nitrogen and oxygen atoms in total. The molecule has 1 rings (SSSR count). The highest BCUT2D eigenvalue weighted by atomic mass is 16.4. The average molecular weight is 201 g/mol. The highest BCUT2D eigenvalue weighted by Crippen LogP contribution is 2.25. The van der Waals surface area contributed by atoms with Crippen LogP contribution in [0.2, 0.25) is 0 Å². The first-order chi connectivity index (χ1) is 8.34. The first kappa shape index (κ1) is 5.87. The van der Waals surface area contributed by atoms with Crippen LogP contribution in [0.4, 0.5) is 0 Å². The lowest BCUT2D eigenvalue weighted by molar-refractivity contribution is -0.138. The highest BCUT2D eigenvalue weighted by Gasteiger charge is 2.12. The number of carbonyl (C=O) groups is 1. The Morgan fingerprint density at radius 3 is 2.86 bits per heavy atom. The van der Waals surface area contributed by atoms with Gasteiger partial charge in [-0.15, -0.1) is 0 Å². The van der Waals surface area contributed by atoms with E-state index in [0.29, 0.717) is 0 Å². The third-order valence-electron chi connectivity index (χ3n) is 1.53. The van der Waals surface area contributed by atoms with Crippen molar-refractivity contribution in [2.45, 2.75) is 12.4 Å². The van der Waals surface area contributed by atoms with Crippen molar-refractivity contribution >= 4 is 5.97 Å². The van der Waals surface area contributed by atoms with Crippen LogP contribution < -0.4 is 5.73 Å². The molecule has 0 aliphatic carbocycles. The van der Waals surface area contributed by atoms with Crippen LogP contribution in [0.25, 0.3) is 0 Å². The number of benzene rings is 1. The number of carboxylic acids is 1. The van der Waals surface area contributed by atoms with Crippen LogP contribution in [0, 0.1) is 0 Å². The number of hydrogen-bond donors (Lipinski definition) is 4.